The molecule has 0 radical (unpaired) electrons. The second kappa shape index (κ2) is 7.10. The Kier molecular flexibility index (Phi) is 4.27. The van der Waals surface area contributed by atoms with Crippen molar-refractivity contribution in [3.05, 3.63) is 71.3 Å². The number of amides is 1. The fourth-order valence-corrected chi connectivity index (χ4v) is 5.18. The van der Waals surface area contributed by atoms with Gasteiger partial charge in [-0.2, -0.15) is 0 Å². The average Bonchev–Trinajstić information content (AvgIpc) is 3.45. The molecular weight excluding hydrogens is 426 g/mol. The van der Waals surface area contributed by atoms with Crippen molar-refractivity contribution < 1.29 is 18.4 Å². The Hall–Kier alpha value is -3.81. The van der Waals surface area contributed by atoms with Crippen LogP contribution in [-0.4, -0.2) is 37.1 Å². The lowest BCUT2D eigenvalue weighted by molar-refractivity contribution is -0.129. The van der Waals surface area contributed by atoms with Crippen LogP contribution in [0.4, 0.5) is 8.78 Å². The van der Waals surface area contributed by atoms with Crippen LogP contribution in [-0.2, 0) is 22.7 Å². The van der Waals surface area contributed by atoms with Gasteiger partial charge in [0, 0.05) is 61.9 Å². The van der Waals surface area contributed by atoms with Crippen molar-refractivity contribution in [2.75, 3.05) is 6.54 Å². The number of hydrogen-bond acceptors (Lipinski definition) is 3. The van der Waals surface area contributed by atoms with E-state index in [4.69, 9.17) is 0 Å². The summed E-state index contributed by atoms with van der Waals surface area (Å²) in [5.41, 5.74) is 4.21. The van der Waals surface area contributed by atoms with Crippen LogP contribution in [0.5, 0.6) is 0 Å². The number of aromatic nitrogens is 3. The van der Waals surface area contributed by atoms with Gasteiger partial charge in [-0.3, -0.25) is 14.0 Å². The summed E-state index contributed by atoms with van der Waals surface area (Å²) in [6, 6.07) is 6.81. The number of Topliss-reactive ketones (excluding diaryl/α,β-unsaturated/α-hetero) is 1. The third-order valence-corrected chi connectivity index (χ3v) is 6.71. The van der Waals surface area contributed by atoms with Gasteiger partial charge < -0.3 is 9.47 Å². The zero-order valence-corrected chi connectivity index (χ0v) is 17.9. The molecule has 0 spiro atoms. The van der Waals surface area contributed by atoms with Crippen LogP contribution in [0.3, 0.4) is 0 Å². The first kappa shape index (κ1) is 19.8. The third-order valence-electron chi connectivity index (χ3n) is 6.71. The topological polar surface area (TPSA) is 59.6 Å². The molecule has 0 N–H and O–H groups in total. The Morgan fingerprint density at radius 3 is 2.82 bits per heavy atom. The maximum atomic E-state index is 15.3. The SMILES string of the molecule is CC(=O)N1CCn2cc(C3=C(c4cnc5ccccn45)CCC3=O)c3c(F)c(F)cc(c32)C1. The average molecular weight is 446 g/mol. The monoisotopic (exact) mass is 446 g/mol. The number of halogens is 2. The summed E-state index contributed by atoms with van der Waals surface area (Å²) in [4.78, 5) is 31.1. The summed E-state index contributed by atoms with van der Waals surface area (Å²) in [6.07, 6.45) is 6.15. The van der Waals surface area contributed by atoms with Gasteiger partial charge in [-0.25, -0.2) is 13.8 Å². The van der Waals surface area contributed by atoms with Gasteiger partial charge in [-0.1, -0.05) is 6.07 Å². The molecule has 6 nitrogen and oxygen atoms in total. The molecule has 33 heavy (non-hydrogen) atoms. The summed E-state index contributed by atoms with van der Waals surface area (Å²) in [5.74, 6) is -2.17. The molecule has 1 aromatic carbocycles. The van der Waals surface area contributed by atoms with Gasteiger partial charge in [0.15, 0.2) is 17.4 Å². The highest BCUT2D eigenvalue weighted by Gasteiger charge is 2.32. The first-order valence-electron chi connectivity index (χ1n) is 10.9. The van der Waals surface area contributed by atoms with Crippen molar-refractivity contribution in [3.8, 4) is 0 Å². The minimum atomic E-state index is -0.982. The molecule has 0 unspecified atom stereocenters. The van der Waals surface area contributed by atoms with E-state index >= 15 is 4.39 Å². The van der Waals surface area contributed by atoms with Crippen molar-refractivity contribution in [3.63, 3.8) is 0 Å². The molecule has 1 aliphatic carbocycles. The smallest absolute Gasteiger partial charge is 0.219 e. The van der Waals surface area contributed by atoms with E-state index in [1.54, 1.807) is 17.3 Å². The van der Waals surface area contributed by atoms with Crippen molar-refractivity contribution in [1.82, 2.24) is 18.9 Å². The molecule has 8 heteroatoms. The van der Waals surface area contributed by atoms with Crippen LogP contribution in [0.15, 0.2) is 42.9 Å². The first-order valence-corrected chi connectivity index (χ1v) is 10.9. The Balaban J connectivity index is 1.64. The summed E-state index contributed by atoms with van der Waals surface area (Å²) >= 11 is 0. The molecule has 3 aromatic heterocycles. The number of rotatable bonds is 2. The molecule has 0 fully saturated rings. The van der Waals surface area contributed by atoms with E-state index < -0.39 is 11.6 Å². The number of imidazole rings is 1. The molecule has 1 aliphatic heterocycles. The number of allylic oxidation sites excluding steroid dienone is 2. The molecule has 0 bridgehead atoms. The van der Waals surface area contributed by atoms with Gasteiger partial charge in [-0.05, 0) is 35.8 Å². The minimum absolute atomic E-state index is 0.0948. The van der Waals surface area contributed by atoms with E-state index in [1.165, 1.54) is 6.92 Å². The molecule has 0 saturated carbocycles. The number of ketones is 1. The summed E-state index contributed by atoms with van der Waals surface area (Å²) < 4.78 is 33.8. The Bertz CT molecular complexity index is 1530. The minimum Gasteiger partial charge on any atom is -0.345 e. The highest BCUT2D eigenvalue weighted by atomic mass is 19.2. The van der Waals surface area contributed by atoms with Crippen LogP contribution >= 0.6 is 0 Å². The zero-order chi connectivity index (χ0) is 22.9. The lowest BCUT2D eigenvalue weighted by atomic mass is 9.97. The van der Waals surface area contributed by atoms with Gasteiger partial charge >= 0.3 is 0 Å². The standard InChI is InChI=1S/C25H20F2N4O2/c1-14(32)29-8-9-30-13-17(23-24(27)18(26)10-15(12-29)25(23)30)22-16(5-6-20(22)33)19-11-28-21-4-2-3-7-31(19)21/h2-4,7,10-11,13H,5-6,8-9,12H2,1H3. The Labute approximate surface area is 187 Å². The van der Waals surface area contributed by atoms with E-state index in [-0.39, 0.29) is 23.6 Å². The molecule has 0 atom stereocenters. The van der Waals surface area contributed by atoms with Gasteiger partial charge in [-0.15, -0.1) is 0 Å². The number of carbonyl (C=O) groups is 2. The van der Waals surface area contributed by atoms with Gasteiger partial charge in [0.1, 0.15) is 5.65 Å². The number of benzene rings is 1. The Morgan fingerprint density at radius 1 is 1.15 bits per heavy atom. The predicted molar refractivity (Wildman–Crippen MR) is 119 cm³/mol. The third kappa shape index (κ3) is 2.86. The second-order valence-corrected chi connectivity index (χ2v) is 8.58. The largest absolute Gasteiger partial charge is 0.345 e. The van der Waals surface area contributed by atoms with Crippen molar-refractivity contribution in [2.24, 2.45) is 0 Å². The number of carbonyl (C=O) groups excluding carboxylic acids is 2. The number of hydrogen-bond donors (Lipinski definition) is 0. The molecule has 2 aliphatic rings. The molecular formula is C25H20F2N4O2. The molecule has 0 saturated heterocycles. The Morgan fingerprint density at radius 2 is 2.00 bits per heavy atom. The maximum absolute atomic E-state index is 15.3. The number of fused-ring (bicyclic) bond motifs is 1. The van der Waals surface area contributed by atoms with E-state index in [0.29, 0.717) is 48.1 Å². The van der Waals surface area contributed by atoms with E-state index in [0.717, 1.165) is 23.0 Å². The molecule has 4 heterocycles. The number of pyridine rings is 1. The summed E-state index contributed by atoms with van der Waals surface area (Å²) in [5, 5.41) is 0.104. The fourth-order valence-electron chi connectivity index (χ4n) is 5.18. The molecule has 166 valence electrons. The van der Waals surface area contributed by atoms with Crippen molar-refractivity contribution in [1.29, 1.82) is 0 Å². The van der Waals surface area contributed by atoms with Gasteiger partial charge in [0.2, 0.25) is 5.91 Å². The molecule has 4 aromatic rings. The quantitative estimate of drug-likeness (QED) is 0.464. The highest BCUT2D eigenvalue weighted by Crippen LogP contribution is 2.43. The van der Waals surface area contributed by atoms with Crippen molar-refractivity contribution >= 4 is 39.4 Å². The lowest BCUT2D eigenvalue weighted by Gasteiger charge is -2.18. The maximum Gasteiger partial charge on any atom is 0.219 e. The summed E-state index contributed by atoms with van der Waals surface area (Å²) in [6.45, 7) is 2.51. The summed E-state index contributed by atoms with van der Waals surface area (Å²) in [7, 11) is 0. The first-order chi connectivity index (χ1) is 15.9. The molecule has 6 rings (SSSR count). The predicted octanol–water partition coefficient (Wildman–Crippen LogP) is 4.20. The second-order valence-electron chi connectivity index (χ2n) is 8.58. The van der Waals surface area contributed by atoms with Crippen LogP contribution in [0.1, 0.15) is 36.6 Å². The van der Waals surface area contributed by atoms with E-state index in [2.05, 4.69) is 4.98 Å². The van der Waals surface area contributed by atoms with Gasteiger partial charge in [0.25, 0.3) is 0 Å². The van der Waals surface area contributed by atoms with Crippen LogP contribution in [0, 0.1) is 11.6 Å². The normalized spacial score (nSPS) is 16.3. The lowest BCUT2D eigenvalue weighted by Crippen LogP contribution is -2.29. The highest BCUT2D eigenvalue weighted by molar-refractivity contribution is 6.33. The van der Waals surface area contributed by atoms with E-state index in [9.17, 15) is 14.0 Å². The fraction of sp³-hybridized carbons (Fsp3) is 0.240. The van der Waals surface area contributed by atoms with Gasteiger partial charge in [0.05, 0.1) is 17.4 Å². The van der Waals surface area contributed by atoms with Crippen molar-refractivity contribution in [2.45, 2.75) is 32.9 Å². The molecule has 1 amide bonds. The van der Waals surface area contributed by atoms with E-state index in [1.807, 2.05) is 33.4 Å². The number of nitrogens with zero attached hydrogens (tertiary/aromatic N) is 4. The zero-order valence-electron chi connectivity index (χ0n) is 17.9. The van der Waals surface area contributed by atoms with Crippen LogP contribution in [0.2, 0.25) is 0 Å². The van der Waals surface area contributed by atoms with Crippen LogP contribution < -0.4 is 0 Å². The van der Waals surface area contributed by atoms with Crippen LogP contribution in [0.25, 0.3) is 27.7 Å².